The first kappa shape index (κ1) is 11.5. The molecule has 1 amide bonds. The molecule has 1 rings (SSSR count). The third-order valence-electron chi connectivity index (χ3n) is 1.66. The summed E-state index contributed by atoms with van der Waals surface area (Å²) < 4.78 is 2.84. The molecule has 1 heterocycles. The maximum Gasteiger partial charge on any atom is 0.221 e. The smallest absolute Gasteiger partial charge is 0.221 e. The Hall–Kier alpha value is -0.590. The SMILES string of the molecule is CC(=O)Nc1cnn(C(C)(C)C)c1I. The van der Waals surface area contributed by atoms with E-state index in [1.807, 2.05) is 4.68 Å². The topological polar surface area (TPSA) is 46.9 Å². The minimum absolute atomic E-state index is 0.0623. The van der Waals surface area contributed by atoms with E-state index < -0.39 is 0 Å². The number of halogens is 1. The van der Waals surface area contributed by atoms with E-state index in [4.69, 9.17) is 0 Å². The number of hydrogen-bond donors (Lipinski definition) is 1. The van der Waals surface area contributed by atoms with Crippen molar-refractivity contribution in [3.63, 3.8) is 0 Å². The number of aromatic nitrogens is 2. The summed E-state index contributed by atoms with van der Waals surface area (Å²) in [6.45, 7) is 7.70. The van der Waals surface area contributed by atoms with E-state index in [0.717, 1.165) is 9.39 Å². The average molecular weight is 307 g/mol. The second-order valence-electron chi connectivity index (χ2n) is 4.11. The molecular weight excluding hydrogens is 293 g/mol. The van der Waals surface area contributed by atoms with Gasteiger partial charge in [0.15, 0.2) is 0 Å². The van der Waals surface area contributed by atoms with Gasteiger partial charge in [-0.05, 0) is 43.4 Å². The fraction of sp³-hybridized carbons (Fsp3) is 0.556. The van der Waals surface area contributed by atoms with Crippen LogP contribution in [0.5, 0.6) is 0 Å². The van der Waals surface area contributed by atoms with E-state index in [-0.39, 0.29) is 11.4 Å². The fourth-order valence-corrected chi connectivity index (χ4v) is 2.20. The van der Waals surface area contributed by atoms with Gasteiger partial charge in [0.25, 0.3) is 0 Å². The molecule has 0 bridgehead atoms. The molecule has 0 aliphatic heterocycles. The lowest BCUT2D eigenvalue weighted by atomic mass is 10.1. The van der Waals surface area contributed by atoms with Gasteiger partial charge in [0.05, 0.1) is 17.4 Å². The third kappa shape index (κ3) is 2.46. The summed E-state index contributed by atoms with van der Waals surface area (Å²) in [5.74, 6) is -0.0728. The van der Waals surface area contributed by atoms with Crippen LogP contribution in [-0.4, -0.2) is 15.7 Å². The molecule has 14 heavy (non-hydrogen) atoms. The third-order valence-corrected chi connectivity index (χ3v) is 2.69. The van der Waals surface area contributed by atoms with Crippen molar-refractivity contribution >= 4 is 34.2 Å². The molecule has 0 radical (unpaired) electrons. The average Bonchev–Trinajstić information content (AvgIpc) is 2.30. The zero-order valence-corrected chi connectivity index (χ0v) is 10.9. The molecule has 0 spiro atoms. The van der Waals surface area contributed by atoms with Gasteiger partial charge in [0.1, 0.15) is 3.70 Å². The van der Waals surface area contributed by atoms with Crippen molar-refractivity contribution in [1.82, 2.24) is 9.78 Å². The second-order valence-corrected chi connectivity index (χ2v) is 5.13. The monoisotopic (exact) mass is 307 g/mol. The van der Waals surface area contributed by atoms with Crippen LogP contribution in [0.3, 0.4) is 0 Å². The van der Waals surface area contributed by atoms with Gasteiger partial charge < -0.3 is 5.32 Å². The highest BCUT2D eigenvalue weighted by Gasteiger charge is 2.19. The Morgan fingerprint density at radius 2 is 2.14 bits per heavy atom. The predicted molar refractivity (Wildman–Crippen MR) is 64.2 cm³/mol. The number of carbonyl (C=O) groups is 1. The Labute approximate surface area is 97.2 Å². The van der Waals surface area contributed by atoms with E-state index in [9.17, 15) is 4.79 Å². The molecule has 5 heteroatoms. The fourth-order valence-electron chi connectivity index (χ4n) is 1.07. The Morgan fingerprint density at radius 3 is 2.50 bits per heavy atom. The van der Waals surface area contributed by atoms with Crippen LogP contribution in [0.4, 0.5) is 5.69 Å². The number of carbonyl (C=O) groups excluding carboxylic acids is 1. The summed E-state index contributed by atoms with van der Waals surface area (Å²) in [4.78, 5) is 10.9. The van der Waals surface area contributed by atoms with Crippen LogP contribution in [0.1, 0.15) is 27.7 Å². The molecule has 1 N–H and O–H groups in total. The van der Waals surface area contributed by atoms with Crippen LogP contribution in [0.25, 0.3) is 0 Å². The van der Waals surface area contributed by atoms with E-state index in [2.05, 4.69) is 53.8 Å². The Morgan fingerprint density at radius 1 is 1.57 bits per heavy atom. The highest BCUT2D eigenvalue weighted by atomic mass is 127. The Kier molecular flexibility index (Phi) is 3.18. The minimum atomic E-state index is -0.0728. The number of anilines is 1. The molecule has 0 aliphatic rings. The first-order chi connectivity index (χ1) is 6.32. The second kappa shape index (κ2) is 3.88. The van der Waals surface area contributed by atoms with E-state index in [0.29, 0.717) is 0 Å². The lowest BCUT2D eigenvalue weighted by molar-refractivity contribution is -0.114. The molecule has 0 saturated carbocycles. The van der Waals surface area contributed by atoms with Crippen molar-refractivity contribution in [1.29, 1.82) is 0 Å². The van der Waals surface area contributed by atoms with Gasteiger partial charge >= 0.3 is 0 Å². The number of amides is 1. The molecule has 0 aliphatic carbocycles. The van der Waals surface area contributed by atoms with Gasteiger partial charge in [-0.1, -0.05) is 0 Å². The van der Waals surface area contributed by atoms with Crippen LogP contribution in [0, 0.1) is 3.70 Å². The zero-order chi connectivity index (χ0) is 10.9. The van der Waals surface area contributed by atoms with Crippen LogP contribution >= 0.6 is 22.6 Å². The normalized spacial score (nSPS) is 11.5. The number of rotatable bonds is 1. The van der Waals surface area contributed by atoms with E-state index in [1.165, 1.54) is 6.92 Å². The van der Waals surface area contributed by atoms with Crippen LogP contribution in [0.2, 0.25) is 0 Å². The zero-order valence-electron chi connectivity index (χ0n) is 8.76. The Balaban J connectivity index is 3.03. The number of hydrogen-bond acceptors (Lipinski definition) is 2. The molecule has 0 fully saturated rings. The minimum Gasteiger partial charge on any atom is -0.323 e. The van der Waals surface area contributed by atoms with Gasteiger partial charge in [-0.2, -0.15) is 5.10 Å². The van der Waals surface area contributed by atoms with Crippen LogP contribution in [0.15, 0.2) is 6.20 Å². The van der Waals surface area contributed by atoms with Crippen molar-refractivity contribution in [2.75, 3.05) is 5.32 Å². The van der Waals surface area contributed by atoms with Gasteiger partial charge in [0, 0.05) is 6.92 Å². The first-order valence-electron chi connectivity index (χ1n) is 4.34. The predicted octanol–water partition coefficient (Wildman–Crippen LogP) is 2.20. The molecule has 0 aromatic carbocycles. The summed E-state index contributed by atoms with van der Waals surface area (Å²) in [7, 11) is 0. The van der Waals surface area contributed by atoms with Crippen molar-refractivity contribution in [3.8, 4) is 0 Å². The van der Waals surface area contributed by atoms with E-state index >= 15 is 0 Å². The molecular formula is C9H14IN3O. The summed E-state index contributed by atoms with van der Waals surface area (Å²) in [5, 5.41) is 6.97. The summed E-state index contributed by atoms with van der Waals surface area (Å²) in [5.41, 5.74) is 0.709. The molecule has 1 aromatic rings. The van der Waals surface area contributed by atoms with Crippen LogP contribution in [-0.2, 0) is 10.3 Å². The first-order valence-corrected chi connectivity index (χ1v) is 5.42. The summed E-state index contributed by atoms with van der Waals surface area (Å²) >= 11 is 2.18. The van der Waals surface area contributed by atoms with Crippen LogP contribution < -0.4 is 5.32 Å². The maximum atomic E-state index is 10.9. The van der Waals surface area contributed by atoms with Gasteiger partial charge in [-0.15, -0.1) is 0 Å². The molecule has 0 atom stereocenters. The summed E-state index contributed by atoms with van der Waals surface area (Å²) in [6, 6.07) is 0. The number of nitrogens with zero attached hydrogens (tertiary/aromatic N) is 2. The van der Waals surface area contributed by atoms with E-state index in [1.54, 1.807) is 6.20 Å². The highest BCUT2D eigenvalue weighted by molar-refractivity contribution is 14.1. The molecule has 0 saturated heterocycles. The molecule has 4 nitrogen and oxygen atoms in total. The maximum absolute atomic E-state index is 10.9. The van der Waals surface area contributed by atoms with Crippen molar-refractivity contribution in [2.45, 2.75) is 33.2 Å². The number of nitrogens with one attached hydrogen (secondary N) is 1. The van der Waals surface area contributed by atoms with Gasteiger partial charge in [-0.25, -0.2) is 0 Å². The lowest BCUT2D eigenvalue weighted by Gasteiger charge is -2.20. The largest absolute Gasteiger partial charge is 0.323 e. The summed E-state index contributed by atoms with van der Waals surface area (Å²) in [6.07, 6.45) is 1.68. The van der Waals surface area contributed by atoms with Gasteiger partial charge in [-0.3, -0.25) is 9.48 Å². The van der Waals surface area contributed by atoms with Gasteiger partial charge in [0.2, 0.25) is 5.91 Å². The standard InChI is InChI=1S/C9H14IN3O/c1-6(14)12-7-5-11-13(8(7)10)9(2,3)4/h5H,1-4H3,(H,12,14). The molecule has 78 valence electrons. The quantitative estimate of drug-likeness (QED) is 0.809. The van der Waals surface area contributed by atoms with Crippen molar-refractivity contribution in [3.05, 3.63) is 9.90 Å². The Bertz CT molecular complexity index is 351. The van der Waals surface area contributed by atoms with Crippen molar-refractivity contribution in [2.24, 2.45) is 0 Å². The lowest BCUT2D eigenvalue weighted by Crippen LogP contribution is -2.24. The molecule has 0 unspecified atom stereocenters. The molecule has 1 aromatic heterocycles. The van der Waals surface area contributed by atoms with Crippen molar-refractivity contribution < 1.29 is 4.79 Å². The highest BCUT2D eigenvalue weighted by Crippen LogP contribution is 2.23.